The van der Waals surface area contributed by atoms with E-state index in [2.05, 4.69) is 6.92 Å². The molecule has 2 aliphatic rings. The lowest BCUT2D eigenvalue weighted by Gasteiger charge is -2.21. The molecule has 1 aromatic rings. The third-order valence-corrected chi connectivity index (χ3v) is 2.72. The molecule has 2 heterocycles. The Bertz CT molecular complexity index is 442. The van der Waals surface area contributed by atoms with Gasteiger partial charge < -0.3 is 9.84 Å². The Morgan fingerprint density at radius 3 is 2.88 bits per heavy atom. The predicted molar refractivity (Wildman–Crippen MR) is 58.1 cm³/mol. The third-order valence-electron chi connectivity index (χ3n) is 2.72. The average molecular weight is 223 g/mol. The highest BCUT2D eigenvalue weighted by molar-refractivity contribution is 5.73. The number of ether oxygens (including phenoxy) is 1. The van der Waals surface area contributed by atoms with Gasteiger partial charge in [0.25, 0.3) is 0 Å². The fraction of sp³-hybridized carbons (Fsp3) is 0.455. The van der Waals surface area contributed by atoms with Crippen LogP contribution in [0.1, 0.15) is 31.7 Å². The van der Waals surface area contributed by atoms with Crippen molar-refractivity contribution in [3.8, 4) is 17.2 Å². The van der Waals surface area contributed by atoms with Crippen molar-refractivity contribution in [1.82, 2.24) is 0 Å². The van der Waals surface area contributed by atoms with E-state index in [1.165, 1.54) is 6.07 Å². The van der Waals surface area contributed by atoms with Gasteiger partial charge in [-0.3, -0.25) is 10.1 Å². The van der Waals surface area contributed by atoms with Crippen molar-refractivity contribution in [2.45, 2.75) is 32.6 Å². The van der Waals surface area contributed by atoms with Crippen molar-refractivity contribution in [3.63, 3.8) is 0 Å². The number of nitro groups is 1. The zero-order chi connectivity index (χ0) is 11.7. The molecule has 1 N–H and O–H groups in total. The standard InChI is InChI=1S/C11H13NO4/c1-2-3-4-5-7-8(13)6-9-10(12(14)15)11(7)16-9/h6,13H,2-5H2,1H3. The fourth-order valence-electron chi connectivity index (χ4n) is 1.87. The first-order chi connectivity index (χ1) is 7.65. The van der Waals surface area contributed by atoms with E-state index in [0.29, 0.717) is 12.0 Å². The highest BCUT2D eigenvalue weighted by atomic mass is 16.6. The van der Waals surface area contributed by atoms with Crippen LogP contribution < -0.4 is 4.74 Å². The van der Waals surface area contributed by atoms with Gasteiger partial charge >= 0.3 is 5.69 Å². The van der Waals surface area contributed by atoms with Crippen LogP contribution >= 0.6 is 0 Å². The van der Waals surface area contributed by atoms with Gasteiger partial charge in [-0.1, -0.05) is 19.8 Å². The Labute approximate surface area is 92.8 Å². The van der Waals surface area contributed by atoms with Gasteiger partial charge in [-0.2, -0.15) is 0 Å². The highest BCUT2D eigenvalue weighted by Crippen LogP contribution is 2.55. The number of nitrogens with zero attached hydrogens (tertiary/aromatic N) is 1. The molecule has 0 unspecified atom stereocenters. The maximum Gasteiger partial charge on any atom is 0.354 e. The van der Waals surface area contributed by atoms with Crippen molar-refractivity contribution in [2.24, 2.45) is 0 Å². The van der Waals surface area contributed by atoms with E-state index >= 15 is 0 Å². The van der Waals surface area contributed by atoms with Crippen molar-refractivity contribution >= 4 is 5.69 Å². The molecule has 0 fully saturated rings. The normalized spacial score (nSPS) is 11.8. The summed E-state index contributed by atoms with van der Waals surface area (Å²) in [4.78, 5) is 10.2. The van der Waals surface area contributed by atoms with Gasteiger partial charge in [0.2, 0.25) is 11.5 Å². The number of hydrogen-bond donors (Lipinski definition) is 1. The molecular formula is C11H13NO4. The van der Waals surface area contributed by atoms with Gasteiger partial charge in [0.05, 0.1) is 4.92 Å². The zero-order valence-electron chi connectivity index (χ0n) is 9.02. The van der Waals surface area contributed by atoms with E-state index in [1.54, 1.807) is 0 Å². The minimum atomic E-state index is -0.461. The largest absolute Gasteiger partial charge is 0.507 e. The summed E-state index contributed by atoms with van der Waals surface area (Å²) < 4.78 is 5.14. The Balaban J connectivity index is 2.25. The predicted octanol–water partition coefficient (Wildman–Crippen LogP) is 3.14. The summed E-state index contributed by atoms with van der Waals surface area (Å²) in [6, 6.07) is 1.33. The maximum absolute atomic E-state index is 10.7. The number of phenolic OH excluding ortho intramolecular Hbond substituents is 1. The van der Waals surface area contributed by atoms with Gasteiger partial charge in [-0.15, -0.1) is 0 Å². The van der Waals surface area contributed by atoms with E-state index in [1.807, 2.05) is 0 Å². The summed E-state index contributed by atoms with van der Waals surface area (Å²) in [5.74, 6) is 0.519. The average Bonchev–Trinajstić information content (AvgIpc) is 2.18. The summed E-state index contributed by atoms with van der Waals surface area (Å²) >= 11 is 0. The first-order valence-electron chi connectivity index (χ1n) is 5.36. The van der Waals surface area contributed by atoms with Crippen LogP contribution in [0.4, 0.5) is 5.69 Å². The lowest BCUT2D eigenvalue weighted by molar-refractivity contribution is -0.390. The molecule has 16 heavy (non-hydrogen) atoms. The number of rotatable bonds is 5. The molecule has 86 valence electrons. The Morgan fingerprint density at radius 2 is 2.25 bits per heavy atom. The van der Waals surface area contributed by atoms with Crippen molar-refractivity contribution in [3.05, 3.63) is 21.7 Å². The summed E-state index contributed by atoms with van der Waals surface area (Å²) in [6.45, 7) is 2.08. The molecular weight excluding hydrogens is 210 g/mol. The van der Waals surface area contributed by atoms with Gasteiger partial charge in [0, 0.05) is 11.6 Å². The van der Waals surface area contributed by atoms with E-state index in [9.17, 15) is 15.2 Å². The Kier molecular flexibility index (Phi) is 2.68. The number of fused-ring (bicyclic) bond motifs is 2. The van der Waals surface area contributed by atoms with E-state index in [4.69, 9.17) is 4.74 Å². The summed E-state index contributed by atoms with van der Waals surface area (Å²) in [7, 11) is 0. The SMILES string of the molecule is CCCCCc1c(O)cc2c([N+](=O)[O-])c1O2. The van der Waals surface area contributed by atoms with Crippen LogP contribution in [0.3, 0.4) is 0 Å². The van der Waals surface area contributed by atoms with E-state index in [-0.39, 0.29) is 22.9 Å². The molecule has 0 atom stereocenters. The second-order valence-corrected chi connectivity index (χ2v) is 3.87. The maximum atomic E-state index is 10.7. The molecule has 0 spiro atoms. The second-order valence-electron chi connectivity index (χ2n) is 3.87. The van der Waals surface area contributed by atoms with Crippen LogP contribution in [0.15, 0.2) is 6.07 Å². The van der Waals surface area contributed by atoms with Crippen LogP contribution in [0.5, 0.6) is 17.2 Å². The molecule has 5 nitrogen and oxygen atoms in total. The number of benzene rings is 1. The molecule has 0 amide bonds. The molecule has 5 heteroatoms. The van der Waals surface area contributed by atoms with Crippen LogP contribution in [0.25, 0.3) is 0 Å². The zero-order valence-corrected chi connectivity index (χ0v) is 9.02. The molecule has 0 saturated heterocycles. The number of hydrogen-bond acceptors (Lipinski definition) is 4. The van der Waals surface area contributed by atoms with Gasteiger partial charge in [-0.25, -0.2) is 0 Å². The molecule has 0 saturated carbocycles. The monoisotopic (exact) mass is 223 g/mol. The first-order valence-corrected chi connectivity index (χ1v) is 5.36. The Morgan fingerprint density at radius 1 is 1.50 bits per heavy atom. The number of nitro benzene ring substituents is 1. The molecule has 0 aliphatic carbocycles. The lowest BCUT2D eigenvalue weighted by Crippen LogP contribution is -2.08. The van der Waals surface area contributed by atoms with Gasteiger partial charge in [0.15, 0.2) is 0 Å². The molecule has 0 aromatic heterocycles. The summed E-state index contributed by atoms with van der Waals surface area (Å²) in [6.07, 6.45) is 3.62. The van der Waals surface area contributed by atoms with Crippen LogP contribution in [0, 0.1) is 10.1 Å². The third kappa shape index (κ3) is 1.58. The minimum Gasteiger partial charge on any atom is -0.507 e. The van der Waals surface area contributed by atoms with Crippen molar-refractivity contribution in [2.75, 3.05) is 0 Å². The van der Waals surface area contributed by atoms with Crippen LogP contribution in [-0.2, 0) is 6.42 Å². The van der Waals surface area contributed by atoms with E-state index in [0.717, 1.165) is 19.3 Å². The van der Waals surface area contributed by atoms with E-state index < -0.39 is 4.92 Å². The quantitative estimate of drug-likeness (QED) is 0.480. The molecule has 0 radical (unpaired) electrons. The first kappa shape index (κ1) is 10.7. The topological polar surface area (TPSA) is 72.6 Å². The number of aromatic hydroxyl groups is 1. The van der Waals surface area contributed by atoms with Crippen molar-refractivity contribution in [1.29, 1.82) is 0 Å². The van der Waals surface area contributed by atoms with Crippen LogP contribution in [0.2, 0.25) is 0 Å². The van der Waals surface area contributed by atoms with Gasteiger partial charge in [-0.05, 0) is 12.8 Å². The molecule has 3 rings (SSSR count). The molecule has 1 aromatic carbocycles. The van der Waals surface area contributed by atoms with Crippen LogP contribution in [-0.4, -0.2) is 10.0 Å². The number of unbranched alkanes of at least 4 members (excludes halogenated alkanes) is 2. The summed E-state index contributed by atoms with van der Waals surface area (Å²) in [5.41, 5.74) is 0.569. The van der Waals surface area contributed by atoms with Gasteiger partial charge in [0.1, 0.15) is 5.75 Å². The highest BCUT2D eigenvalue weighted by Gasteiger charge is 2.37. The minimum absolute atomic E-state index is 0.00398. The molecule has 2 bridgehead atoms. The smallest absolute Gasteiger partial charge is 0.354 e. The lowest BCUT2D eigenvalue weighted by atomic mass is 10.0. The molecule has 2 aliphatic heterocycles. The Hall–Kier alpha value is -1.78. The fourth-order valence-corrected chi connectivity index (χ4v) is 1.87. The summed E-state index contributed by atoms with van der Waals surface area (Å²) in [5, 5.41) is 20.3. The number of phenols is 1. The second kappa shape index (κ2) is 4.00. The van der Waals surface area contributed by atoms with Crippen molar-refractivity contribution < 1.29 is 14.8 Å².